The van der Waals surface area contributed by atoms with Crippen LogP contribution in [0.15, 0.2) is 60.7 Å². The molecule has 0 spiro atoms. The minimum Gasteiger partial charge on any atom is -0.408 e. The van der Waals surface area contributed by atoms with Crippen molar-refractivity contribution in [1.82, 2.24) is 0 Å². The van der Waals surface area contributed by atoms with Crippen molar-refractivity contribution in [3.8, 4) is 0 Å². The molecule has 0 aliphatic heterocycles. The van der Waals surface area contributed by atoms with Gasteiger partial charge in [0, 0.05) is 5.60 Å². The second-order valence-corrected chi connectivity index (χ2v) is 14.5. The number of benzene rings is 2. The van der Waals surface area contributed by atoms with E-state index in [4.69, 9.17) is 4.43 Å². The third-order valence-electron chi connectivity index (χ3n) is 4.64. The van der Waals surface area contributed by atoms with Crippen LogP contribution in [0, 0.1) is 0 Å². The van der Waals surface area contributed by atoms with Crippen LogP contribution in [0.2, 0.25) is 25.2 Å². The summed E-state index contributed by atoms with van der Waals surface area (Å²) in [5, 5.41) is 2.98. The molecule has 1 radical (unpaired) electrons. The summed E-state index contributed by atoms with van der Waals surface area (Å²) in [5.74, 6) is 0. The van der Waals surface area contributed by atoms with Crippen molar-refractivity contribution in [2.24, 2.45) is 0 Å². The maximum atomic E-state index is 6.65. The van der Waals surface area contributed by atoms with Crippen LogP contribution in [0.5, 0.6) is 0 Å². The Bertz CT molecular complexity index is 621. The Balaban J connectivity index is 1.94. The maximum Gasteiger partial charge on any atom is 0.221 e. The molecule has 25 heavy (non-hydrogen) atoms. The lowest BCUT2D eigenvalue weighted by Gasteiger charge is -2.35. The van der Waals surface area contributed by atoms with E-state index >= 15 is 0 Å². The summed E-state index contributed by atoms with van der Waals surface area (Å²) in [5.41, 5.74) is -0.0828. The van der Waals surface area contributed by atoms with Gasteiger partial charge in [0.05, 0.1) is 8.80 Å². The first-order valence-corrected chi connectivity index (χ1v) is 14.3. The lowest BCUT2D eigenvalue weighted by Crippen LogP contribution is -2.52. The van der Waals surface area contributed by atoms with E-state index in [2.05, 4.69) is 94.5 Å². The summed E-state index contributed by atoms with van der Waals surface area (Å²) >= 11 is 0. The van der Waals surface area contributed by atoms with Gasteiger partial charge in [-0.1, -0.05) is 91.3 Å². The average Bonchev–Trinajstić information content (AvgIpc) is 2.58. The van der Waals surface area contributed by atoms with E-state index in [1.807, 2.05) is 0 Å². The van der Waals surface area contributed by atoms with Crippen molar-refractivity contribution >= 4 is 27.5 Å². The summed E-state index contributed by atoms with van der Waals surface area (Å²) < 4.78 is 6.65. The van der Waals surface area contributed by atoms with Crippen LogP contribution in [0.4, 0.5) is 0 Å². The van der Waals surface area contributed by atoms with Crippen molar-refractivity contribution in [2.45, 2.75) is 64.4 Å². The van der Waals surface area contributed by atoms with Crippen LogP contribution in [-0.4, -0.2) is 22.7 Å². The Kier molecular flexibility index (Phi) is 7.23. The zero-order valence-electron chi connectivity index (χ0n) is 16.5. The second kappa shape index (κ2) is 8.97. The molecular formula is C22H33OSi2. The number of unbranched alkanes of at least 4 members (excludes halogenated alkanes) is 1. The van der Waals surface area contributed by atoms with Crippen molar-refractivity contribution in [3.05, 3.63) is 60.7 Å². The molecule has 135 valence electrons. The summed E-state index contributed by atoms with van der Waals surface area (Å²) in [6.07, 6.45) is 2.57. The average molecular weight is 370 g/mol. The van der Waals surface area contributed by atoms with Gasteiger partial charge in [0.2, 0.25) is 8.32 Å². The molecule has 1 atom stereocenters. The molecule has 0 aliphatic rings. The second-order valence-electron chi connectivity index (χ2n) is 8.16. The smallest absolute Gasteiger partial charge is 0.221 e. The molecule has 0 aromatic heterocycles. The summed E-state index contributed by atoms with van der Waals surface area (Å²) in [7, 11) is -2.31. The van der Waals surface area contributed by atoms with Gasteiger partial charge in [-0.15, -0.1) is 0 Å². The highest BCUT2D eigenvalue weighted by atomic mass is 28.4. The molecule has 1 unspecified atom stereocenters. The Morgan fingerprint density at radius 2 is 1.44 bits per heavy atom. The molecule has 1 nitrogen and oxygen atoms in total. The van der Waals surface area contributed by atoms with E-state index in [0.29, 0.717) is 0 Å². The van der Waals surface area contributed by atoms with Crippen LogP contribution in [0.25, 0.3) is 0 Å². The van der Waals surface area contributed by atoms with Gasteiger partial charge < -0.3 is 4.43 Å². The fourth-order valence-corrected chi connectivity index (χ4v) is 8.95. The highest BCUT2D eigenvalue weighted by molar-refractivity contribution is 6.85. The fraction of sp³-hybridized carbons (Fsp3) is 0.455. The van der Waals surface area contributed by atoms with Gasteiger partial charge in [-0.05, 0) is 38.5 Å². The van der Waals surface area contributed by atoms with Gasteiger partial charge >= 0.3 is 0 Å². The Morgan fingerprint density at radius 3 is 2.00 bits per heavy atom. The molecule has 0 saturated carbocycles. The molecular weight excluding hydrogens is 336 g/mol. The third-order valence-corrected chi connectivity index (χ3v) is 11.0. The topological polar surface area (TPSA) is 9.23 Å². The van der Waals surface area contributed by atoms with Crippen molar-refractivity contribution in [3.63, 3.8) is 0 Å². The highest BCUT2D eigenvalue weighted by Gasteiger charge is 2.35. The molecule has 0 saturated heterocycles. The van der Waals surface area contributed by atoms with Crippen molar-refractivity contribution in [2.75, 3.05) is 0 Å². The standard InChI is InChI=1S/C22H33OSi2/c1-22(2,3)23-25(5,21-16-10-7-11-17-21)19-13-12-18-24(4)20-14-8-6-9-15-20/h6-11,14-17H,12-13,18-19H2,1-5H3. The number of hydrogen-bond acceptors (Lipinski definition) is 1. The Hall–Kier alpha value is -1.17. The normalized spacial score (nSPS) is 14.5. The van der Waals surface area contributed by atoms with E-state index in [9.17, 15) is 0 Å². The van der Waals surface area contributed by atoms with Gasteiger partial charge in [-0.25, -0.2) is 0 Å². The minimum atomic E-state index is -1.90. The molecule has 3 heteroatoms. The van der Waals surface area contributed by atoms with E-state index in [-0.39, 0.29) is 5.60 Å². The molecule has 0 bridgehead atoms. The molecule has 2 aromatic carbocycles. The molecule has 2 rings (SSSR count). The van der Waals surface area contributed by atoms with Crippen LogP contribution >= 0.6 is 0 Å². The first kappa shape index (κ1) is 20.1. The molecule has 0 N–H and O–H groups in total. The first-order chi connectivity index (χ1) is 11.8. The molecule has 2 aromatic rings. The quantitative estimate of drug-likeness (QED) is 0.465. The van der Waals surface area contributed by atoms with Gasteiger partial charge in [-0.2, -0.15) is 0 Å². The van der Waals surface area contributed by atoms with Crippen LogP contribution < -0.4 is 10.4 Å². The SMILES string of the molecule is C[Si](CCCC[Si](C)(OC(C)(C)C)c1ccccc1)c1ccccc1. The maximum absolute atomic E-state index is 6.65. The van der Waals surface area contributed by atoms with E-state index < -0.39 is 17.1 Å². The summed E-state index contributed by atoms with van der Waals surface area (Å²) in [6.45, 7) is 11.4. The molecule has 0 heterocycles. The predicted molar refractivity (Wildman–Crippen MR) is 115 cm³/mol. The van der Waals surface area contributed by atoms with E-state index in [0.717, 1.165) is 0 Å². The molecule has 0 fully saturated rings. The number of rotatable bonds is 8. The highest BCUT2D eigenvalue weighted by Crippen LogP contribution is 2.23. The minimum absolute atomic E-state index is 0.0828. The van der Waals surface area contributed by atoms with Gasteiger partial charge in [-0.3, -0.25) is 0 Å². The summed E-state index contributed by atoms with van der Waals surface area (Å²) in [4.78, 5) is 0. The van der Waals surface area contributed by atoms with Gasteiger partial charge in [0.25, 0.3) is 0 Å². The van der Waals surface area contributed by atoms with Gasteiger partial charge in [0.15, 0.2) is 0 Å². The zero-order valence-corrected chi connectivity index (χ0v) is 18.5. The monoisotopic (exact) mass is 369 g/mol. The van der Waals surface area contributed by atoms with E-state index in [1.54, 1.807) is 5.19 Å². The largest absolute Gasteiger partial charge is 0.408 e. The fourth-order valence-electron chi connectivity index (χ4n) is 3.44. The predicted octanol–water partition coefficient (Wildman–Crippen LogP) is 5.10. The van der Waals surface area contributed by atoms with Crippen LogP contribution in [-0.2, 0) is 4.43 Å². The van der Waals surface area contributed by atoms with Crippen molar-refractivity contribution in [1.29, 1.82) is 0 Å². The Labute approximate surface area is 157 Å². The van der Waals surface area contributed by atoms with E-state index in [1.165, 1.54) is 30.1 Å². The zero-order chi connectivity index (χ0) is 18.3. The lowest BCUT2D eigenvalue weighted by molar-refractivity contribution is 0.122. The van der Waals surface area contributed by atoms with Crippen LogP contribution in [0.1, 0.15) is 33.6 Å². The number of hydrogen-bond donors (Lipinski definition) is 0. The Morgan fingerprint density at radius 1 is 0.880 bits per heavy atom. The van der Waals surface area contributed by atoms with Crippen LogP contribution in [0.3, 0.4) is 0 Å². The lowest BCUT2D eigenvalue weighted by atomic mass is 10.2. The third kappa shape index (κ3) is 6.57. The summed E-state index contributed by atoms with van der Waals surface area (Å²) in [6, 6.07) is 24.5. The van der Waals surface area contributed by atoms with Gasteiger partial charge in [0.1, 0.15) is 0 Å². The van der Waals surface area contributed by atoms with Crippen molar-refractivity contribution < 1.29 is 4.43 Å². The molecule has 0 amide bonds. The first-order valence-electron chi connectivity index (χ1n) is 9.44. The molecule has 0 aliphatic carbocycles.